The van der Waals surface area contributed by atoms with E-state index in [9.17, 15) is 8.42 Å². The summed E-state index contributed by atoms with van der Waals surface area (Å²) in [6, 6.07) is 4.83. The molecule has 1 rings (SSSR count). The van der Waals surface area contributed by atoms with Gasteiger partial charge in [0.2, 0.25) is 0 Å². The topological polar surface area (TPSA) is 70.5 Å². The van der Waals surface area contributed by atoms with Crippen molar-refractivity contribution < 1.29 is 13.5 Å². The van der Waals surface area contributed by atoms with E-state index < -0.39 is 10.0 Å². The number of hydrogen-bond donors (Lipinski definition) is 1. The third kappa shape index (κ3) is 4.04. The lowest BCUT2D eigenvalue weighted by molar-refractivity contribution is 0.268. The molecule has 1 N–H and O–H groups in total. The molecule has 0 aliphatic heterocycles. The zero-order valence-corrected chi connectivity index (χ0v) is 11.4. The molecule has 0 unspecified atom stereocenters. The van der Waals surface area contributed by atoms with E-state index in [0.717, 1.165) is 12.8 Å². The van der Waals surface area contributed by atoms with Crippen LogP contribution < -0.4 is 0 Å². The van der Waals surface area contributed by atoms with E-state index in [-0.39, 0.29) is 11.6 Å². The molecule has 18 heavy (non-hydrogen) atoms. The number of sulfonamides is 1. The molecule has 5 nitrogen and oxygen atoms in total. The fraction of sp³-hybridized carbons (Fsp3) is 0.583. The van der Waals surface area contributed by atoms with Gasteiger partial charge < -0.3 is 5.11 Å². The van der Waals surface area contributed by atoms with Crippen LogP contribution in [0.4, 0.5) is 0 Å². The largest absolute Gasteiger partial charge is 0.396 e. The Morgan fingerprint density at radius 1 is 1.28 bits per heavy atom. The summed E-state index contributed by atoms with van der Waals surface area (Å²) in [6.07, 6.45) is 3.64. The lowest BCUT2D eigenvalue weighted by atomic mass is 10.3. The van der Waals surface area contributed by atoms with Crippen molar-refractivity contribution >= 4 is 10.0 Å². The molecular formula is C12H20N2O3S. The van der Waals surface area contributed by atoms with Crippen LogP contribution in [0, 0.1) is 0 Å². The van der Waals surface area contributed by atoms with Crippen molar-refractivity contribution in [2.75, 3.05) is 19.7 Å². The van der Waals surface area contributed by atoms with E-state index in [1.807, 2.05) is 6.92 Å². The van der Waals surface area contributed by atoms with Crippen molar-refractivity contribution in [1.29, 1.82) is 0 Å². The van der Waals surface area contributed by atoms with Gasteiger partial charge in [0.1, 0.15) is 0 Å². The van der Waals surface area contributed by atoms with Gasteiger partial charge in [0.15, 0.2) is 5.03 Å². The van der Waals surface area contributed by atoms with Crippen LogP contribution in [0.25, 0.3) is 0 Å². The van der Waals surface area contributed by atoms with Gasteiger partial charge in [-0.2, -0.15) is 4.31 Å². The van der Waals surface area contributed by atoms with E-state index in [1.165, 1.54) is 16.6 Å². The third-order valence-corrected chi connectivity index (χ3v) is 4.38. The Morgan fingerprint density at radius 3 is 2.56 bits per heavy atom. The average molecular weight is 272 g/mol. The maximum absolute atomic E-state index is 12.3. The van der Waals surface area contributed by atoms with Crippen molar-refractivity contribution in [2.24, 2.45) is 0 Å². The molecule has 1 heterocycles. The van der Waals surface area contributed by atoms with Gasteiger partial charge in [-0.25, -0.2) is 13.4 Å². The zero-order chi connectivity index (χ0) is 13.4. The minimum Gasteiger partial charge on any atom is -0.396 e. The van der Waals surface area contributed by atoms with Gasteiger partial charge >= 0.3 is 0 Å². The van der Waals surface area contributed by atoms with Gasteiger partial charge in [-0.3, -0.25) is 0 Å². The summed E-state index contributed by atoms with van der Waals surface area (Å²) in [7, 11) is -3.53. The standard InChI is InChI=1S/C12H20N2O3S/c1-2-3-9-14(10-6-11-15)18(16,17)12-7-4-5-8-13-12/h4-5,7-8,15H,2-3,6,9-11H2,1H3. The molecule has 0 aliphatic carbocycles. The quantitative estimate of drug-likeness (QED) is 0.773. The first kappa shape index (κ1) is 15.1. The minimum absolute atomic E-state index is 0.0135. The molecule has 1 aromatic heterocycles. The predicted molar refractivity (Wildman–Crippen MR) is 69.6 cm³/mol. The molecule has 0 bridgehead atoms. The maximum atomic E-state index is 12.3. The number of aliphatic hydroxyl groups is 1. The van der Waals surface area contributed by atoms with Crippen LogP contribution in [0.5, 0.6) is 0 Å². The molecule has 0 amide bonds. The average Bonchev–Trinajstić information content (AvgIpc) is 2.39. The van der Waals surface area contributed by atoms with E-state index in [0.29, 0.717) is 19.5 Å². The van der Waals surface area contributed by atoms with E-state index in [1.54, 1.807) is 12.1 Å². The van der Waals surface area contributed by atoms with Gasteiger partial charge in [0.25, 0.3) is 10.0 Å². The highest BCUT2D eigenvalue weighted by molar-refractivity contribution is 7.89. The van der Waals surface area contributed by atoms with Gasteiger partial charge in [-0.1, -0.05) is 19.4 Å². The van der Waals surface area contributed by atoms with Crippen LogP contribution in [-0.2, 0) is 10.0 Å². The Bertz CT molecular complexity index is 426. The second kappa shape index (κ2) is 7.45. The highest BCUT2D eigenvalue weighted by atomic mass is 32.2. The van der Waals surface area contributed by atoms with Crippen molar-refractivity contribution in [3.8, 4) is 0 Å². The number of unbranched alkanes of at least 4 members (excludes halogenated alkanes) is 1. The van der Waals surface area contributed by atoms with Crippen molar-refractivity contribution in [3.63, 3.8) is 0 Å². The number of pyridine rings is 1. The van der Waals surface area contributed by atoms with Crippen LogP contribution in [-0.4, -0.2) is 42.5 Å². The SMILES string of the molecule is CCCCN(CCCO)S(=O)(=O)c1ccccn1. The van der Waals surface area contributed by atoms with Crippen molar-refractivity contribution in [3.05, 3.63) is 24.4 Å². The van der Waals surface area contributed by atoms with Crippen molar-refractivity contribution in [1.82, 2.24) is 9.29 Å². The van der Waals surface area contributed by atoms with Crippen LogP contribution >= 0.6 is 0 Å². The van der Waals surface area contributed by atoms with Crippen LogP contribution in [0.15, 0.2) is 29.4 Å². The third-order valence-electron chi connectivity index (χ3n) is 2.57. The number of aromatic nitrogens is 1. The summed E-state index contributed by atoms with van der Waals surface area (Å²) in [5.74, 6) is 0. The lowest BCUT2D eigenvalue weighted by Crippen LogP contribution is -2.33. The number of aliphatic hydroxyl groups excluding tert-OH is 1. The first-order chi connectivity index (χ1) is 8.62. The first-order valence-corrected chi connectivity index (χ1v) is 7.59. The molecule has 0 fully saturated rings. The van der Waals surface area contributed by atoms with Crippen LogP contribution in [0.1, 0.15) is 26.2 Å². The fourth-order valence-electron chi connectivity index (χ4n) is 1.57. The van der Waals surface area contributed by atoms with E-state index >= 15 is 0 Å². The normalized spacial score (nSPS) is 11.9. The monoisotopic (exact) mass is 272 g/mol. The molecule has 0 saturated carbocycles. The Morgan fingerprint density at radius 2 is 2.00 bits per heavy atom. The molecular weight excluding hydrogens is 252 g/mol. The van der Waals surface area contributed by atoms with Gasteiger partial charge in [-0.05, 0) is 25.0 Å². The molecule has 102 valence electrons. The van der Waals surface area contributed by atoms with Crippen LogP contribution in [0.2, 0.25) is 0 Å². The summed E-state index contributed by atoms with van der Waals surface area (Å²) in [5.41, 5.74) is 0. The summed E-state index contributed by atoms with van der Waals surface area (Å²) in [4.78, 5) is 3.90. The smallest absolute Gasteiger partial charge is 0.260 e. The lowest BCUT2D eigenvalue weighted by Gasteiger charge is -2.21. The number of nitrogens with zero attached hydrogens (tertiary/aromatic N) is 2. The fourth-order valence-corrected chi connectivity index (χ4v) is 3.01. The number of rotatable bonds is 8. The van der Waals surface area contributed by atoms with E-state index in [4.69, 9.17) is 5.11 Å². The Kier molecular flexibility index (Phi) is 6.24. The zero-order valence-electron chi connectivity index (χ0n) is 10.6. The predicted octanol–water partition coefficient (Wildman–Crippen LogP) is 1.25. The Balaban J connectivity index is 2.88. The Hall–Kier alpha value is -0.980. The number of hydrogen-bond acceptors (Lipinski definition) is 4. The molecule has 0 radical (unpaired) electrons. The van der Waals surface area contributed by atoms with Gasteiger partial charge in [0.05, 0.1) is 0 Å². The highest BCUT2D eigenvalue weighted by Crippen LogP contribution is 2.13. The summed E-state index contributed by atoms with van der Waals surface area (Å²) < 4.78 is 26.0. The second-order valence-corrected chi connectivity index (χ2v) is 5.89. The summed E-state index contributed by atoms with van der Waals surface area (Å²) in [5, 5.41) is 8.91. The molecule has 0 atom stereocenters. The summed E-state index contributed by atoms with van der Waals surface area (Å²) in [6.45, 7) is 2.79. The first-order valence-electron chi connectivity index (χ1n) is 6.15. The van der Waals surface area contributed by atoms with Gasteiger partial charge in [-0.15, -0.1) is 0 Å². The summed E-state index contributed by atoms with van der Waals surface area (Å²) >= 11 is 0. The molecule has 0 aromatic carbocycles. The van der Waals surface area contributed by atoms with E-state index in [2.05, 4.69) is 4.98 Å². The van der Waals surface area contributed by atoms with Crippen LogP contribution in [0.3, 0.4) is 0 Å². The second-order valence-electron chi connectivity index (χ2n) is 4.00. The van der Waals surface area contributed by atoms with Gasteiger partial charge in [0, 0.05) is 25.9 Å². The molecule has 1 aromatic rings. The molecule has 0 aliphatic rings. The molecule has 0 spiro atoms. The van der Waals surface area contributed by atoms with Crippen molar-refractivity contribution in [2.45, 2.75) is 31.2 Å². The Labute approximate surface area is 109 Å². The molecule has 0 saturated heterocycles. The maximum Gasteiger partial charge on any atom is 0.260 e. The minimum atomic E-state index is -3.53. The molecule has 6 heteroatoms. The highest BCUT2D eigenvalue weighted by Gasteiger charge is 2.24.